The number of rotatable bonds is 4. The molecule has 0 atom stereocenters. The van der Waals surface area contributed by atoms with Crippen molar-refractivity contribution in [3.8, 4) is 0 Å². The zero-order valence-corrected chi connectivity index (χ0v) is 14.4. The summed E-state index contributed by atoms with van der Waals surface area (Å²) in [5.41, 5.74) is 1.34. The van der Waals surface area contributed by atoms with E-state index in [1.807, 2.05) is 0 Å². The van der Waals surface area contributed by atoms with Gasteiger partial charge in [-0.2, -0.15) is 0 Å². The van der Waals surface area contributed by atoms with Crippen LogP contribution in [0.2, 0.25) is 6.55 Å². The first-order chi connectivity index (χ1) is 10.0. The summed E-state index contributed by atoms with van der Waals surface area (Å²) in [6.07, 6.45) is 4.54. The number of hydrogen-bond acceptors (Lipinski definition) is 0. The average Bonchev–Trinajstić information content (AvgIpc) is 2.53. The van der Waals surface area contributed by atoms with Gasteiger partial charge < -0.3 is 0 Å². The highest BCUT2D eigenvalue weighted by atomic mass is 28.3. The van der Waals surface area contributed by atoms with Crippen LogP contribution in [0.15, 0.2) is 83.6 Å². The molecule has 2 aromatic rings. The van der Waals surface area contributed by atoms with E-state index >= 15 is 0 Å². The van der Waals surface area contributed by atoms with Gasteiger partial charge in [0.05, 0.1) is 0 Å². The highest BCUT2D eigenvalue weighted by Crippen LogP contribution is 2.16. The maximum absolute atomic E-state index is 2.45. The zero-order chi connectivity index (χ0) is 15.3. The van der Waals surface area contributed by atoms with Crippen molar-refractivity contribution in [1.29, 1.82) is 0 Å². The monoisotopic (exact) mass is 292 g/mol. The quantitative estimate of drug-likeness (QED) is 0.581. The largest absolute Gasteiger partial charge is 0.141 e. The predicted octanol–water partition coefficient (Wildman–Crippen LogP) is 4.33. The normalized spacial score (nSPS) is 12.1. The topological polar surface area (TPSA) is 0 Å². The Labute approximate surface area is 129 Å². The van der Waals surface area contributed by atoms with Gasteiger partial charge >= 0.3 is 0 Å². The highest BCUT2D eigenvalue weighted by Gasteiger charge is 2.33. The second-order valence-electron chi connectivity index (χ2n) is 5.95. The Bertz CT molecular complexity index is 593. The molecule has 0 aromatic heterocycles. The maximum atomic E-state index is 2.45. The predicted molar refractivity (Wildman–Crippen MR) is 97.0 cm³/mol. The molecule has 0 saturated carbocycles. The summed E-state index contributed by atoms with van der Waals surface area (Å²) in [6, 6.07) is 21.9. The van der Waals surface area contributed by atoms with Gasteiger partial charge in [0, 0.05) is 0 Å². The Morgan fingerprint density at radius 1 is 0.714 bits per heavy atom. The lowest BCUT2D eigenvalue weighted by Crippen LogP contribution is -2.57. The second kappa shape index (κ2) is 6.73. The summed E-state index contributed by atoms with van der Waals surface area (Å²) in [6.45, 7) is 9.02. The van der Waals surface area contributed by atoms with Crippen LogP contribution in [0.25, 0.3) is 0 Å². The van der Waals surface area contributed by atoms with Crippen LogP contribution in [-0.4, -0.2) is 8.07 Å². The number of allylic oxidation sites excluding steroid dienone is 4. The second-order valence-corrected chi connectivity index (χ2v) is 10.1. The minimum absolute atomic E-state index is 1.34. The molecule has 2 aromatic carbocycles. The van der Waals surface area contributed by atoms with Crippen LogP contribution < -0.4 is 10.4 Å². The fourth-order valence-corrected chi connectivity index (χ4v) is 6.00. The van der Waals surface area contributed by atoms with Gasteiger partial charge in [-0.15, -0.1) is 0 Å². The van der Waals surface area contributed by atoms with E-state index in [1.54, 1.807) is 0 Å². The molecule has 0 unspecified atom stereocenters. The van der Waals surface area contributed by atoms with Crippen molar-refractivity contribution in [2.75, 3.05) is 0 Å². The maximum Gasteiger partial charge on any atom is 0.141 e. The van der Waals surface area contributed by atoms with Crippen LogP contribution in [0, 0.1) is 0 Å². The zero-order valence-electron chi connectivity index (χ0n) is 13.4. The molecule has 0 amide bonds. The smallest absolute Gasteiger partial charge is 0.0765 e. The Kier molecular flexibility index (Phi) is 4.97. The van der Waals surface area contributed by atoms with Crippen molar-refractivity contribution in [1.82, 2.24) is 0 Å². The third kappa shape index (κ3) is 3.42. The number of hydrogen-bond donors (Lipinski definition) is 0. The van der Waals surface area contributed by atoms with Crippen molar-refractivity contribution in [2.45, 2.75) is 27.3 Å². The summed E-state index contributed by atoms with van der Waals surface area (Å²) < 4.78 is 0. The van der Waals surface area contributed by atoms with Crippen molar-refractivity contribution < 1.29 is 0 Å². The van der Waals surface area contributed by atoms with E-state index in [1.165, 1.54) is 21.1 Å². The summed E-state index contributed by atoms with van der Waals surface area (Å²) in [5.74, 6) is 0. The first-order valence-electron chi connectivity index (χ1n) is 7.48. The summed E-state index contributed by atoms with van der Waals surface area (Å²) >= 11 is 0. The molecule has 2 rings (SSSR count). The Morgan fingerprint density at radius 2 is 1.14 bits per heavy atom. The van der Waals surface area contributed by atoms with Gasteiger partial charge in [0.1, 0.15) is 8.07 Å². The molecule has 0 nitrogen and oxygen atoms in total. The lowest BCUT2D eigenvalue weighted by Gasteiger charge is -2.30. The van der Waals surface area contributed by atoms with Crippen molar-refractivity contribution in [2.24, 2.45) is 0 Å². The van der Waals surface area contributed by atoms with Crippen molar-refractivity contribution in [3.05, 3.63) is 83.6 Å². The Morgan fingerprint density at radius 3 is 1.52 bits per heavy atom. The van der Waals surface area contributed by atoms with Gasteiger partial charge in [0.2, 0.25) is 0 Å². The minimum atomic E-state index is -1.86. The molecular formula is C20H24Si. The fourth-order valence-electron chi connectivity index (χ4n) is 2.62. The minimum Gasteiger partial charge on any atom is -0.0765 e. The Balaban J connectivity index is 2.60. The Hall–Kier alpha value is -1.86. The summed E-state index contributed by atoms with van der Waals surface area (Å²) in [5, 5.41) is 4.42. The van der Waals surface area contributed by atoms with Gasteiger partial charge in [0.25, 0.3) is 0 Å². The molecule has 0 heterocycles. The first kappa shape index (κ1) is 15.5. The molecule has 0 aliphatic carbocycles. The van der Waals surface area contributed by atoms with Crippen LogP contribution in [0.5, 0.6) is 0 Å². The molecule has 0 saturated heterocycles. The number of benzene rings is 2. The molecular weight excluding hydrogens is 268 g/mol. The van der Waals surface area contributed by atoms with Crippen LogP contribution in [0.1, 0.15) is 20.8 Å². The molecule has 0 aliphatic heterocycles. The van der Waals surface area contributed by atoms with Gasteiger partial charge in [0.15, 0.2) is 0 Å². The first-order valence-corrected chi connectivity index (χ1v) is 9.98. The molecule has 0 spiro atoms. The summed E-state index contributed by atoms with van der Waals surface area (Å²) in [7, 11) is -1.86. The van der Waals surface area contributed by atoms with Crippen LogP contribution in [0.3, 0.4) is 0 Å². The molecule has 0 N–H and O–H groups in total. The lowest BCUT2D eigenvalue weighted by molar-refractivity contribution is 1.39. The van der Waals surface area contributed by atoms with Gasteiger partial charge in [-0.3, -0.25) is 0 Å². The molecule has 0 fully saturated rings. The van der Waals surface area contributed by atoms with E-state index < -0.39 is 8.07 Å². The third-order valence-electron chi connectivity index (χ3n) is 4.16. The van der Waals surface area contributed by atoms with Crippen LogP contribution >= 0.6 is 0 Å². The van der Waals surface area contributed by atoms with Crippen LogP contribution in [-0.2, 0) is 0 Å². The molecule has 0 bridgehead atoms. The highest BCUT2D eigenvalue weighted by molar-refractivity contribution is 7.06. The average molecular weight is 292 g/mol. The molecule has 0 radical (unpaired) electrons. The third-order valence-corrected chi connectivity index (χ3v) is 8.88. The fraction of sp³-hybridized carbons (Fsp3) is 0.200. The van der Waals surface area contributed by atoms with E-state index in [4.69, 9.17) is 0 Å². The van der Waals surface area contributed by atoms with Crippen molar-refractivity contribution >= 4 is 18.4 Å². The van der Waals surface area contributed by atoms with E-state index in [-0.39, 0.29) is 0 Å². The molecule has 21 heavy (non-hydrogen) atoms. The lowest BCUT2D eigenvalue weighted by atomic mass is 10.3. The molecule has 108 valence electrons. The van der Waals surface area contributed by atoms with Gasteiger partial charge in [-0.05, 0) is 31.1 Å². The van der Waals surface area contributed by atoms with Crippen molar-refractivity contribution in [3.63, 3.8) is 0 Å². The summed E-state index contributed by atoms with van der Waals surface area (Å²) in [4.78, 5) is 0. The standard InChI is InChI=1S/C20H24Si/c1-17(2)15-16-18(3)21(4,19-11-7-5-8-12-19)20-13-9-6-10-14-20/h5-16H,1-4H3. The van der Waals surface area contributed by atoms with E-state index in [0.717, 1.165) is 0 Å². The van der Waals surface area contributed by atoms with Gasteiger partial charge in [-0.25, -0.2) is 0 Å². The molecule has 0 aliphatic rings. The SMILES string of the molecule is CC(C)=CC=C(C)[Si](C)(c1ccccc1)c1ccccc1. The van der Waals surface area contributed by atoms with E-state index in [0.29, 0.717) is 0 Å². The van der Waals surface area contributed by atoms with E-state index in [2.05, 4.69) is 100 Å². The van der Waals surface area contributed by atoms with Gasteiger partial charge in [-0.1, -0.05) is 90.1 Å². The van der Waals surface area contributed by atoms with Crippen LogP contribution in [0.4, 0.5) is 0 Å². The molecule has 1 heteroatoms. The van der Waals surface area contributed by atoms with E-state index in [9.17, 15) is 0 Å².